The fourth-order valence-electron chi connectivity index (χ4n) is 2.27. The molecule has 2 rings (SSSR count). The molecule has 0 amide bonds. The molecule has 4 nitrogen and oxygen atoms in total. The first kappa shape index (κ1) is 14.8. The molecule has 0 aliphatic carbocycles. The molecule has 0 saturated heterocycles. The summed E-state index contributed by atoms with van der Waals surface area (Å²) < 4.78 is 4.72. The third kappa shape index (κ3) is 2.94. The summed E-state index contributed by atoms with van der Waals surface area (Å²) in [4.78, 5) is 22.6. The molecule has 0 aromatic heterocycles. The van der Waals surface area contributed by atoms with Crippen molar-refractivity contribution in [2.45, 2.75) is 13.8 Å². The molecule has 0 aliphatic heterocycles. The second-order valence-electron chi connectivity index (χ2n) is 4.86. The lowest BCUT2D eigenvalue weighted by molar-refractivity contribution is 0.0599. The van der Waals surface area contributed by atoms with Gasteiger partial charge in [0.2, 0.25) is 0 Å². The van der Waals surface area contributed by atoms with Crippen LogP contribution < -0.4 is 0 Å². The molecule has 0 saturated carbocycles. The summed E-state index contributed by atoms with van der Waals surface area (Å²) in [6, 6.07) is 10.6. The van der Waals surface area contributed by atoms with Crippen LogP contribution in [-0.2, 0) is 4.74 Å². The lowest BCUT2D eigenvalue weighted by Crippen LogP contribution is -2.03. The van der Waals surface area contributed by atoms with E-state index >= 15 is 0 Å². The topological polar surface area (TPSA) is 63.6 Å². The van der Waals surface area contributed by atoms with E-state index in [1.165, 1.54) is 7.11 Å². The van der Waals surface area contributed by atoms with Gasteiger partial charge in [0.05, 0.1) is 18.2 Å². The zero-order valence-corrected chi connectivity index (χ0v) is 12.1. The third-order valence-corrected chi connectivity index (χ3v) is 3.42. The van der Waals surface area contributed by atoms with Crippen LogP contribution in [0.15, 0.2) is 36.4 Å². The van der Waals surface area contributed by atoms with Gasteiger partial charge in [0.15, 0.2) is 0 Å². The van der Waals surface area contributed by atoms with Gasteiger partial charge in [-0.25, -0.2) is 9.59 Å². The van der Waals surface area contributed by atoms with Crippen LogP contribution in [0.3, 0.4) is 0 Å². The molecule has 0 spiro atoms. The standard InChI is InChI=1S/C17H16O4/c1-10-8-12(4-6-14(10)16(18)19)13-5-7-15(11(2)9-13)17(20)21-3/h4-9H,1-3H3,(H,18,19). The fraction of sp³-hybridized carbons (Fsp3) is 0.176. The van der Waals surface area contributed by atoms with Crippen molar-refractivity contribution in [2.75, 3.05) is 7.11 Å². The molecule has 0 heterocycles. The molecule has 21 heavy (non-hydrogen) atoms. The highest BCUT2D eigenvalue weighted by molar-refractivity contribution is 5.92. The van der Waals surface area contributed by atoms with E-state index in [0.29, 0.717) is 16.7 Å². The highest BCUT2D eigenvalue weighted by Gasteiger charge is 2.11. The molecule has 108 valence electrons. The van der Waals surface area contributed by atoms with Crippen molar-refractivity contribution in [3.8, 4) is 11.1 Å². The minimum atomic E-state index is -0.934. The maximum Gasteiger partial charge on any atom is 0.338 e. The molecule has 0 atom stereocenters. The second-order valence-corrected chi connectivity index (χ2v) is 4.86. The first-order valence-electron chi connectivity index (χ1n) is 6.47. The van der Waals surface area contributed by atoms with E-state index in [1.807, 2.05) is 25.1 Å². The summed E-state index contributed by atoms with van der Waals surface area (Å²) in [6.07, 6.45) is 0. The summed E-state index contributed by atoms with van der Waals surface area (Å²) >= 11 is 0. The van der Waals surface area contributed by atoms with Crippen LogP contribution in [0.2, 0.25) is 0 Å². The smallest absolute Gasteiger partial charge is 0.338 e. The monoisotopic (exact) mass is 284 g/mol. The van der Waals surface area contributed by atoms with E-state index in [1.54, 1.807) is 25.1 Å². The van der Waals surface area contributed by atoms with Crippen molar-refractivity contribution < 1.29 is 19.4 Å². The number of carbonyl (C=O) groups is 2. The number of rotatable bonds is 3. The first-order chi connectivity index (χ1) is 9.93. The molecule has 0 aliphatic rings. The average molecular weight is 284 g/mol. The Labute approximate surface area is 123 Å². The lowest BCUT2D eigenvalue weighted by Gasteiger charge is -2.09. The number of hydrogen-bond acceptors (Lipinski definition) is 3. The van der Waals surface area contributed by atoms with Gasteiger partial charge < -0.3 is 9.84 Å². The predicted molar refractivity (Wildman–Crippen MR) is 79.7 cm³/mol. The predicted octanol–water partition coefficient (Wildman–Crippen LogP) is 3.46. The number of carbonyl (C=O) groups excluding carboxylic acids is 1. The normalized spacial score (nSPS) is 10.2. The molecular formula is C17H16O4. The van der Waals surface area contributed by atoms with Crippen LogP contribution in [0.5, 0.6) is 0 Å². The number of carboxylic acid groups (broad SMARTS) is 1. The zero-order chi connectivity index (χ0) is 15.6. The number of methoxy groups -OCH3 is 1. The summed E-state index contributed by atoms with van der Waals surface area (Å²) in [5.41, 5.74) is 4.19. The Morgan fingerprint density at radius 1 is 0.905 bits per heavy atom. The number of benzene rings is 2. The first-order valence-corrected chi connectivity index (χ1v) is 6.47. The number of aromatic carboxylic acids is 1. The maximum atomic E-state index is 11.6. The van der Waals surface area contributed by atoms with E-state index in [0.717, 1.165) is 16.7 Å². The van der Waals surface area contributed by atoms with E-state index in [9.17, 15) is 9.59 Å². The van der Waals surface area contributed by atoms with Crippen LogP contribution >= 0.6 is 0 Å². The van der Waals surface area contributed by atoms with Gasteiger partial charge in [-0.15, -0.1) is 0 Å². The van der Waals surface area contributed by atoms with E-state index in [-0.39, 0.29) is 5.97 Å². The Balaban J connectivity index is 2.44. The Hall–Kier alpha value is -2.62. The number of ether oxygens (including phenoxy) is 1. The van der Waals surface area contributed by atoms with E-state index in [2.05, 4.69) is 0 Å². The van der Waals surface area contributed by atoms with Crippen LogP contribution in [0, 0.1) is 13.8 Å². The molecule has 0 fully saturated rings. The Kier molecular flexibility index (Phi) is 4.08. The number of hydrogen-bond donors (Lipinski definition) is 1. The lowest BCUT2D eigenvalue weighted by atomic mass is 9.97. The molecule has 2 aromatic rings. The molecule has 1 N–H and O–H groups in total. The van der Waals surface area contributed by atoms with Crippen LogP contribution in [0.4, 0.5) is 0 Å². The van der Waals surface area contributed by atoms with Gasteiger partial charge in [0.1, 0.15) is 0 Å². The van der Waals surface area contributed by atoms with Gasteiger partial charge in [-0.1, -0.05) is 24.3 Å². The van der Waals surface area contributed by atoms with Gasteiger partial charge in [-0.2, -0.15) is 0 Å². The van der Waals surface area contributed by atoms with Crippen molar-refractivity contribution >= 4 is 11.9 Å². The van der Waals surface area contributed by atoms with Crippen LogP contribution in [-0.4, -0.2) is 24.2 Å². The Morgan fingerprint density at radius 2 is 1.38 bits per heavy atom. The number of aryl methyl sites for hydroxylation is 2. The molecule has 4 heteroatoms. The summed E-state index contributed by atoms with van der Waals surface area (Å²) in [6.45, 7) is 3.61. The summed E-state index contributed by atoms with van der Waals surface area (Å²) in [7, 11) is 1.35. The SMILES string of the molecule is COC(=O)c1ccc(-c2ccc(C(=O)O)c(C)c2)cc1C. The molecular weight excluding hydrogens is 268 g/mol. The summed E-state index contributed by atoms with van der Waals surface area (Å²) in [5.74, 6) is -1.30. The van der Waals surface area contributed by atoms with Crippen LogP contribution in [0.25, 0.3) is 11.1 Å². The largest absolute Gasteiger partial charge is 0.478 e. The van der Waals surface area contributed by atoms with Gasteiger partial charge in [-0.3, -0.25) is 0 Å². The van der Waals surface area contributed by atoms with Crippen molar-refractivity contribution in [1.82, 2.24) is 0 Å². The van der Waals surface area contributed by atoms with Crippen molar-refractivity contribution in [3.63, 3.8) is 0 Å². The van der Waals surface area contributed by atoms with Gasteiger partial charge in [0, 0.05) is 0 Å². The molecule has 0 bridgehead atoms. The van der Waals surface area contributed by atoms with Gasteiger partial charge in [-0.05, 0) is 48.2 Å². The van der Waals surface area contributed by atoms with Gasteiger partial charge >= 0.3 is 11.9 Å². The molecule has 2 aromatic carbocycles. The van der Waals surface area contributed by atoms with E-state index in [4.69, 9.17) is 9.84 Å². The zero-order valence-electron chi connectivity index (χ0n) is 12.1. The minimum Gasteiger partial charge on any atom is -0.478 e. The summed E-state index contributed by atoms with van der Waals surface area (Å²) in [5, 5.41) is 9.04. The number of carboxylic acids is 1. The van der Waals surface area contributed by atoms with Crippen molar-refractivity contribution in [2.24, 2.45) is 0 Å². The maximum absolute atomic E-state index is 11.6. The Bertz CT molecular complexity index is 717. The average Bonchev–Trinajstić information content (AvgIpc) is 2.45. The second kappa shape index (κ2) is 5.79. The van der Waals surface area contributed by atoms with Gasteiger partial charge in [0.25, 0.3) is 0 Å². The fourth-order valence-corrected chi connectivity index (χ4v) is 2.27. The quantitative estimate of drug-likeness (QED) is 0.877. The minimum absolute atomic E-state index is 0.293. The third-order valence-electron chi connectivity index (χ3n) is 3.42. The van der Waals surface area contributed by atoms with E-state index < -0.39 is 5.97 Å². The molecule has 0 radical (unpaired) electrons. The number of esters is 1. The Morgan fingerprint density at radius 3 is 1.76 bits per heavy atom. The van der Waals surface area contributed by atoms with Crippen LogP contribution in [0.1, 0.15) is 31.8 Å². The molecule has 0 unspecified atom stereocenters. The van der Waals surface area contributed by atoms with Crippen molar-refractivity contribution in [3.05, 3.63) is 58.7 Å². The van der Waals surface area contributed by atoms with Crippen molar-refractivity contribution in [1.29, 1.82) is 0 Å². The highest BCUT2D eigenvalue weighted by Crippen LogP contribution is 2.25. The highest BCUT2D eigenvalue weighted by atomic mass is 16.5.